The Morgan fingerprint density at radius 1 is 1.16 bits per heavy atom. The Kier molecular flexibility index (Phi) is 5.22. The Morgan fingerprint density at radius 3 is 2.74 bits per heavy atom. The van der Waals surface area contributed by atoms with Gasteiger partial charge in [0.25, 0.3) is 15.1 Å². The number of thioether (sulfide) groups is 1. The molecule has 4 aromatic rings. The average Bonchev–Trinajstić information content (AvgIpc) is 3.25. The van der Waals surface area contributed by atoms with Crippen LogP contribution in [0.2, 0.25) is 5.02 Å². The lowest BCUT2D eigenvalue weighted by Crippen LogP contribution is -2.34. The number of aryl methyl sites for hydroxylation is 1. The molecule has 1 aliphatic heterocycles. The second-order valence-electron chi connectivity index (χ2n) is 7.15. The lowest BCUT2D eigenvalue weighted by molar-refractivity contribution is -0.664. The lowest BCUT2D eigenvalue weighted by atomic mass is 10.1. The van der Waals surface area contributed by atoms with Gasteiger partial charge in [0.15, 0.2) is 5.88 Å². The van der Waals surface area contributed by atoms with E-state index in [0.717, 1.165) is 26.2 Å². The van der Waals surface area contributed by atoms with Crippen LogP contribution in [0.15, 0.2) is 64.5 Å². The maximum atomic E-state index is 11.7. The van der Waals surface area contributed by atoms with Crippen LogP contribution in [-0.4, -0.2) is 18.8 Å². The van der Waals surface area contributed by atoms with E-state index in [0.29, 0.717) is 10.7 Å². The zero-order valence-corrected chi connectivity index (χ0v) is 19.7. The van der Waals surface area contributed by atoms with Gasteiger partial charge in [-0.1, -0.05) is 59.0 Å². The monoisotopic (exact) mass is 489 g/mol. The molecule has 0 aliphatic carbocycles. The van der Waals surface area contributed by atoms with Gasteiger partial charge < -0.3 is 4.90 Å². The third-order valence-corrected chi connectivity index (χ3v) is 8.19. The quantitative estimate of drug-likeness (QED) is 0.291. The van der Waals surface area contributed by atoms with Gasteiger partial charge in [-0.05, 0) is 42.6 Å². The summed E-state index contributed by atoms with van der Waals surface area (Å²) in [6.45, 7) is 2.87. The van der Waals surface area contributed by atoms with Crippen LogP contribution >= 0.6 is 34.7 Å². The minimum absolute atomic E-state index is 0.512. The highest BCUT2D eigenvalue weighted by atomic mass is 35.5. The normalized spacial score (nSPS) is 15.3. The van der Waals surface area contributed by atoms with Crippen molar-refractivity contribution in [2.45, 2.75) is 18.4 Å². The maximum absolute atomic E-state index is 11.7. The van der Waals surface area contributed by atoms with Gasteiger partial charge in [-0.3, -0.25) is 4.55 Å². The molecule has 5 nitrogen and oxygen atoms in total. The van der Waals surface area contributed by atoms with Crippen LogP contribution in [0.3, 0.4) is 0 Å². The van der Waals surface area contributed by atoms with E-state index in [9.17, 15) is 13.0 Å². The molecular formula is C22H18ClN2O3S3+. The van der Waals surface area contributed by atoms with Crippen molar-refractivity contribution in [3.05, 3.63) is 69.7 Å². The van der Waals surface area contributed by atoms with Crippen LogP contribution in [0.4, 0.5) is 5.69 Å². The molecule has 0 radical (unpaired) electrons. The minimum Gasteiger partial charge on any atom is -0.317 e. The van der Waals surface area contributed by atoms with Crippen molar-refractivity contribution in [2.75, 3.05) is 10.8 Å². The molecule has 2 heterocycles. The number of anilines is 1. The van der Waals surface area contributed by atoms with Crippen molar-refractivity contribution in [1.82, 2.24) is 0 Å². The van der Waals surface area contributed by atoms with Gasteiger partial charge in [0.1, 0.15) is 11.2 Å². The highest BCUT2D eigenvalue weighted by molar-refractivity contribution is 8.04. The van der Waals surface area contributed by atoms with Crippen LogP contribution in [0.1, 0.15) is 11.9 Å². The summed E-state index contributed by atoms with van der Waals surface area (Å²) in [5.41, 5.74) is 1.85. The predicted molar refractivity (Wildman–Crippen MR) is 129 cm³/mol. The molecule has 31 heavy (non-hydrogen) atoms. The fourth-order valence-electron chi connectivity index (χ4n) is 3.88. The molecule has 0 bridgehead atoms. The molecule has 5 rings (SSSR count). The van der Waals surface area contributed by atoms with Gasteiger partial charge in [-0.2, -0.15) is 13.0 Å². The topological polar surface area (TPSA) is 61.5 Å². The summed E-state index contributed by atoms with van der Waals surface area (Å²) in [5, 5.41) is 4.62. The molecule has 0 spiro atoms. The Hall–Kier alpha value is -2.10. The summed E-state index contributed by atoms with van der Waals surface area (Å²) in [6.07, 6.45) is 1.99. The summed E-state index contributed by atoms with van der Waals surface area (Å²) in [6, 6.07) is 17.9. The lowest BCUT2D eigenvalue weighted by Gasteiger charge is -2.18. The van der Waals surface area contributed by atoms with E-state index in [1.165, 1.54) is 28.1 Å². The van der Waals surface area contributed by atoms with Gasteiger partial charge in [0, 0.05) is 9.92 Å². The SMILES string of the molecule is CC[n+]1c(C=C2Sc3ccc(Cl)cc3N2CS(=O)(=O)O)sc2ccc3ccccc3c21. The van der Waals surface area contributed by atoms with Crippen LogP contribution < -0.4 is 9.47 Å². The Labute approximate surface area is 193 Å². The second kappa shape index (κ2) is 7.79. The fraction of sp³-hybridized carbons (Fsp3) is 0.136. The van der Waals surface area contributed by atoms with Crippen molar-refractivity contribution in [2.24, 2.45) is 0 Å². The average molecular weight is 490 g/mol. The second-order valence-corrected chi connectivity index (χ2v) is 11.1. The molecule has 9 heteroatoms. The van der Waals surface area contributed by atoms with Crippen LogP contribution in [0.5, 0.6) is 0 Å². The molecular weight excluding hydrogens is 472 g/mol. The van der Waals surface area contributed by atoms with Crippen molar-refractivity contribution in [3.63, 3.8) is 0 Å². The molecule has 1 aliphatic rings. The molecule has 1 aromatic heterocycles. The van der Waals surface area contributed by atoms with Crippen LogP contribution in [0, 0.1) is 0 Å². The molecule has 0 amide bonds. The van der Waals surface area contributed by atoms with Crippen molar-refractivity contribution in [1.29, 1.82) is 0 Å². The van der Waals surface area contributed by atoms with Crippen molar-refractivity contribution < 1.29 is 17.5 Å². The summed E-state index contributed by atoms with van der Waals surface area (Å²) < 4.78 is 36.4. The first kappa shape index (κ1) is 20.8. The van der Waals surface area contributed by atoms with Gasteiger partial charge >= 0.3 is 0 Å². The Bertz CT molecular complexity index is 1480. The number of benzene rings is 3. The van der Waals surface area contributed by atoms with E-state index in [1.807, 2.05) is 24.3 Å². The molecule has 0 fully saturated rings. The van der Waals surface area contributed by atoms with Gasteiger partial charge in [0.2, 0.25) is 5.52 Å². The Morgan fingerprint density at radius 2 is 1.97 bits per heavy atom. The number of aromatic nitrogens is 1. The van der Waals surface area contributed by atoms with Gasteiger partial charge in [0.05, 0.1) is 22.2 Å². The number of thiazole rings is 1. The number of fused-ring (bicyclic) bond motifs is 4. The van der Waals surface area contributed by atoms with Gasteiger partial charge in [-0.25, -0.2) is 0 Å². The highest BCUT2D eigenvalue weighted by Gasteiger charge is 2.31. The zero-order valence-electron chi connectivity index (χ0n) is 16.4. The van der Waals surface area contributed by atoms with Crippen LogP contribution in [0.25, 0.3) is 27.1 Å². The highest BCUT2D eigenvalue weighted by Crippen LogP contribution is 2.48. The molecule has 0 atom stereocenters. The summed E-state index contributed by atoms with van der Waals surface area (Å²) in [4.78, 5) is 2.50. The maximum Gasteiger partial charge on any atom is 0.283 e. The van der Waals surface area contributed by atoms with E-state index in [1.54, 1.807) is 28.4 Å². The van der Waals surface area contributed by atoms with E-state index < -0.39 is 16.0 Å². The standard InChI is InChI=1S/C22H17ClN2O3S3/c1-2-24-20(30-19-9-7-14-5-3-4-6-16(14)22(19)24)12-21-25(13-31(26,27)28)17-11-15(23)8-10-18(17)29-21/h3-12H,2,13H2,1H3/p+1. The van der Waals surface area contributed by atoms with E-state index in [-0.39, 0.29) is 0 Å². The number of hydrogen-bond donors (Lipinski definition) is 1. The predicted octanol–water partition coefficient (Wildman–Crippen LogP) is 5.77. The third-order valence-electron chi connectivity index (χ3n) is 5.16. The number of nitrogens with zero attached hydrogens (tertiary/aromatic N) is 2. The molecule has 158 valence electrons. The minimum atomic E-state index is -4.23. The molecule has 1 N–H and O–H groups in total. The Balaban J connectivity index is 1.69. The summed E-state index contributed by atoms with van der Waals surface area (Å²) in [5.74, 6) is -0.529. The molecule has 3 aromatic carbocycles. The zero-order chi connectivity index (χ0) is 21.8. The summed E-state index contributed by atoms with van der Waals surface area (Å²) >= 11 is 9.28. The molecule has 0 saturated heterocycles. The third kappa shape index (κ3) is 3.83. The largest absolute Gasteiger partial charge is 0.317 e. The fourth-order valence-corrected chi connectivity index (χ4v) is 7.06. The van der Waals surface area contributed by atoms with Gasteiger partial charge in [-0.15, -0.1) is 0 Å². The smallest absolute Gasteiger partial charge is 0.283 e. The first-order chi connectivity index (χ1) is 14.8. The summed E-state index contributed by atoms with van der Waals surface area (Å²) in [7, 11) is -4.23. The number of rotatable bonds is 4. The van der Waals surface area contributed by atoms with E-state index >= 15 is 0 Å². The van der Waals surface area contributed by atoms with Crippen molar-refractivity contribution >= 4 is 77.6 Å². The first-order valence-corrected chi connectivity index (χ1v) is 13.2. The van der Waals surface area contributed by atoms with Crippen LogP contribution in [-0.2, 0) is 16.7 Å². The van der Waals surface area contributed by atoms with E-state index in [4.69, 9.17) is 11.6 Å². The molecule has 0 unspecified atom stereocenters. The number of halogens is 1. The number of hydrogen-bond acceptors (Lipinski definition) is 5. The molecule has 0 saturated carbocycles. The van der Waals surface area contributed by atoms with E-state index in [2.05, 4.69) is 35.8 Å². The first-order valence-electron chi connectivity index (χ1n) is 9.60. The van der Waals surface area contributed by atoms with Crippen molar-refractivity contribution in [3.8, 4) is 0 Å².